The van der Waals surface area contributed by atoms with Gasteiger partial charge in [0.2, 0.25) is 0 Å². The number of amides is 1. The van der Waals surface area contributed by atoms with E-state index < -0.39 is 0 Å². The van der Waals surface area contributed by atoms with Crippen LogP contribution in [0.3, 0.4) is 0 Å². The van der Waals surface area contributed by atoms with Crippen LogP contribution >= 0.6 is 15.9 Å². The Labute approximate surface area is 120 Å². The molecule has 2 N–H and O–H groups in total. The van der Waals surface area contributed by atoms with Crippen LogP contribution in [-0.4, -0.2) is 17.4 Å². The molecule has 98 valence electrons. The molecule has 0 saturated heterocycles. The number of anilines is 2. The number of nitrogens with one attached hydrogen (secondary N) is 2. The van der Waals surface area contributed by atoms with E-state index in [2.05, 4.69) is 31.5 Å². The van der Waals surface area contributed by atoms with Crippen LogP contribution in [-0.2, 0) is 0 Å². The van der Waals surface area contributed by atoms with Crippen LogP contribution in [0.25, 0.3) is 0 Å². The van der Waals surface area contributed by atoms with Gasteiger partial charge in [-0.1, -0.05) is 18.2 Å². The normalized spacial score (nSPS) is 10.0. The fourth-order valence-corrected chi connectivity index (χ4v) is 1.97. The molecule has 1 heterocycles. The molecule has 5 heteroatoms. The van der Waals surface area contributed by atoms with Gasteiger partial charge in [0.25, 0.3) is 5.91 Å². The number of halogens is 1. The van der Waals surface area contributed by atoms with E-state index in [0.717, 1.165) is 10.2 Å². The summed E-state index contributed by atoms with van der Waals surface area (Å²) < 4.78 is 0.771. The molecule has 1 aromatic carbocycles. The third-order valence-electron chi connectivity index (χ3n) is 2.47. The highest BCUT2D eigenvalue weighted by molar-refractivity contribution is 9.10. The highest BCUT2D eigenvalue weighted by Crippen LogP contribution is 2.19. The monoisotopic (exact) mass is 319 g/mol. The lowest BCUT2D eigenvalue weighted by Crippen LogP contribution is -2.15. The summed E-state index contributed by atoms with van der Waals surface area (Å²) in [5.74, 6) is 0.398. The summed E-state index contributed by atoms with van der Waals surface area (Å²) in [6.45, 7) is 2.67. The quantitative estimate of drug-likeness (QED) is 0.906. The van der Waals surface area contributed by atoms with Gasteiger partial charge in [0.15, 0.2) is 0 Å². The van der Waals surface area contributed by atoms with Gasteiger partial charge in [-0.15, -0.1) is 0 Å². The van der Waals surface area contributed by atoms with Crippen molar-refractivity contribution in [2.75, 3.05) is 17.2 Å². The smallest absolute Gasteiger partial charge is 0.259 e. The van der Waals surface area contributed by atoms with E-state index in [1.165, 1.54) is 0 Å². The van der Waals surface area contributed by atoms with E-state index in [4.69, 9.17) is 0 Å². The van der Waals surface area contributed by atoms with Crippen molar-refractivity contribution in [3.05, 3.63) is 52.6 Å². The average molecular weight is 320 g/mol. The maximum absolute atomic E-state index is 12.3. The standard InChI is InChI=1S/C14H14BrN3O/c1-2-16-13-12(8-10(15)9-17-13)14(19)18-11-6-4-3-5-7-11/h3-9H,2H2,1H3,(H,16,17)(H,18,19). The predicted molar refractivity (Wildman–Crippen MR) is 80.5 cm³/mol. The van der Waals surface area contributed by atoms with Crippen LogP contribution in [0.15, 0.2) is 47.1 Å². The number of hydrogen-bond donors (Lipinski definition) is 2. The molecule has 0 atom stereocenters. The number of nitrogens with zero attached hydrogens (tertiary/aromatic N) is 1. The lowest BCUT2D eigenvalue weighted by Gasteiger charge is -2.10. The number of carbonyl (C=O) groups excluding carboxylic acids is 1. The molecule has 4 nitrogen and oxygen atoms in total. The Bertz CT molecular complexity index is 572. The molecule has 0 radical (unpaired) electrons. The Morgan fingerprint density at radius 1 is 1.32 bits per heavy atom. The van der Waals surface area contributed by atoms with Gasteiger partial charge < -0.3 is 10.6 Å². The Morgan fingerprint density at radius 2 is 2.05 bits per heavy atom. The minimum Gasteiger partial charge on any atom is -0.370 e. The molecule has 0 fully saturated rings. The molecule has 0 spiro atoms. The molecule has 1 amide bonds. The van der Waals surface area contributed by atoms with Crippen LogP contribution in [0, 0.1) is 0 Å². The van der Waals surface area contributed by atoms with Crippen molar-refractivity contribution in [2.24, 2.45) is 0 Å². The molecule has 0 bridgehead atoms. The average Bonchev–Trinajstić information content (AvgIpc) is 2.42. The van der Waals surface area contributed by atoms with Crippen LogP contribution < -0.4 is 10.6 Å². The summed E-state index contributed by atoms with van der Waals surface area (Å²) in [6, 6.07) is 11.1. The molecule has 2 aromatic rings. The molecule has 1 aromatic heterocycles. The SMILES string of the molecule is CCNc1ncc(Br)cc1C(=O)Nc1ccccc1. The van der Waals surface area contributed by atoms with Crippen LogP contribution in [0.4, 0.5) is 11.5 Å². The topological polar surface area (TPSA) is 54.0 Å². The van der Waals surface area contributed by atoms with Gasteiger partial charge >= 0.3 is 0 Å². The number of carbonyl (C=O) groups is 1. The number of benzene rings is 1. The molecule has 0 saturated carbocycles. The first-order chi connectivity index (χ1) is 9.20. The van der Waals surface area contributed by atoms with Crippen molar-refractivity contribution in [1.29, 1.82) is 0 Å². The van der Waals surface area contributed by atoms with Crippen molar-refractivity contribution in [2.45, 2.75) is 6.92 Å². The highest BCUT2D eigenvalue weighted by Gasteiger charge is 2.13. The van der Waals surface area contributed by atoms with Crippen LogP contribution in [0.2, 0.25) is 0 Å². The first-order valence-electron chi connectivity index (χ1n) is 5.96. The number of hydrogen-bond acceptors (Lipinski definition) is 3. The van der Waals surface area contributed by atoms with E-state index in [1.54, 1.807) is 12.3 Å². The van der Waals surface area contributed by atoms with Crippen molar-refractivity contribution in [1.82, 2.24) is 4.98 Å². The second kappa shape index (κ2) is 6.33. The maximum atomic E-state index is 12.3. The molecule has 0 aliphatic heterocycles. The summed E-state index contributed by atoms with van der Waals surface area (Å²) in [5, 5.41) is 5.92. The van der Waals surface area contributed by atoms with Gasteiger partial charge in [-0.3, -0.25) is 4.79 Å². The van der Waals surface area contributed by atoms with E-state index in [-0.39, 0.29) is 5.91 Å². The molecular weight excluding hydrogens is 306 g/mol. The Kier molecular flexibility index (Phi) is 4.52. The lowest BCUT2D eigenvalue weighted by molar-refractivity contribution is 0.102. The zero-order valence-electron chi connectivity index (χ0n) is 10.5. The molecular formula is C14H14BrN3O. The zero-order valence-corrected chi connectivity index (χ0v) is 12.1. The molecule has 0 aliphatic carbocycles. The largest absolute Gasteiger partial charge is 0.370 e. The van der Waals surface area contributed by atoms with Crippen molar-refractivity contribution in [3.63, 3.8) is 0 Å². The minimum absolute atomic E-state index is 0.184. The molecule has 19 heavy (non-hydrogen) atoms. The van der Waals surface area contributed by atoms with Crippen LogP contribution in [0.5, 0.6) is 0 Å². The zero-order chi connectivity index (χ0) is 13.7. The second-order valence-electron chi connectivity index (χ2n) is 3.90. The number of para-hydroxylation sites is 1. The molecule has 0 unspecified atom stereocenters. The van der Waals surface area contributed by atoms with Gasteiger partial charge in [0, 0.05) is 22.9 Å². The van der Waals surface area contributed by atoms with Crippen molar-refractivity contribution in [3.8, 4) is 0 Å². The fourth-order valence-electron chi connectivity index (χ4n) is 1.64. The summed E-state index contributed by atoms with van der Waals surface area (Å²) in [5.41, 5.74) is 1.27. The summed E-state index contributed by atoms with van der Waals surface area (Å²) >= 11 is 3.33. The second-order valence-corrected chi connectivity index (χ2v) is 4.82. The third kappa shape index (κ3) is 3.54. The maximum Gasteiger partial charge on any atom is 0.259 e. The fraction of sp³-hybridized carbons (Fsp3) is 0.143. The Balaban J connectivity index is 2.25. The highest BCUT2D eigenvalue weighted by atomic mass is 79.9. The van der Waals surface area contributed by atoms with Gasteiger partial charge in [-0.2, -0.15) is 0 Å². The van der Waals surface area contributed by atoms with E-state index in [9.17, 15) is 4.79 Å². The first kappa shape index (κ1) is 13.5. The van der Waals surface area contributed by atoms with Gasteiger partial charge in [-0.05, 0) is 41.1 Å². The van der Waals surface area contributed by atoms with Crippen molar-refractivity contribution >= 4 is 33.3 Å². The molecule has 2 rings (SSSR count). The Morgan fingerprint density at radius 3 is 2.74 bits per heavy atom. The van der Waals surface area contributed by atoms with Gasteiger partial charge in [0.1, 0.15) is 5.82 Å². The van der Waals surface area contributed by atoms with Gasteiger partial charge in [-0.25, -0.2) is 4.98 Å². The summed E-state index contributed by atoms with van der Waals surface area (Å²) in [6.07, 6.45) is 1.66. The summed E-state index contributed by atoms with van der Waals surface area (Å²) in [4.78, 5) is 16.5. The Hall–Kier alpha value is -1.88. The first-order valence-corrected chi connectivity index (χ1v) is 6.76. The van der Waals surface area contributed by atoms with E-state index in [1.807, 2.05) is 37.3 Å². The predicted octanol–water partition coefficient (Wildman–Crippen LogP) is 3.53. The van der Waals surface area contributed by atoms with Crippen LogP contribution in [0.1, 0.15) is 17.3 Å². The number of aromatic nitrogens is 1. The minimum atomic E-state index is -0.184. The number of rotatable bonds is 4. The van der Waals surface area contributed by atoms with E-state index >= 15 is 0 Å². The van der Waals surface area contributed by atoms with E-state index in [0.29, 0.717) is 17.9 Å². The number of pyridine rings is 1. The third-order valence-corrected chi connectivity index (χ3v) is 2.91. The lowest BCUT2D eigenvalue weighted by atomic mass is 10.2. The summed E-state index contributed by atoms with van der Waals surface area (Å²) in [7, 11) is 0. The molecule has 0 aliphatic rings. The van der Waals surface area contributed by atoms with Crippen molar-refractivity contribution < 1.29 is 4.79 Å². The van der Waals surface area contributed by atoms with Gasteiger partial charge in [0.05, 0.1) is 5.56 Å².